The van der Waals surface area contributed by atoms with Gasteiger partial charge in [0.2, 0.25) is 12.2 Å². The number of carbonyl (C=O) groups excluding carboxylic acids is 7. The lowest BCUT2D eigenvalue weighted by molar-refractivity contribution is -0.321. The van der Waals surface area contributed by atoms with E-state index in [4.69, 9.17) is 23.7 Å². The number of amides is 4. The van der Waals surface area contributed by atoms with E-state index >= 15 is 0 Å². The van der Waals surface area contributed by atoms with Crippen LogP contribution in [0.15, 0.2) is 82.8 Å². The average molecular weight is 972 g/mol. The molecule has 0 saturated heterocycles. The monoisotopic (exact) mass is 971 g/mol. The topological polar surface area (TPSA) is 262 Å². The number of carbonyl (C=O) groups is 5. The van der Waals surface area contributed by atoms with Crippen LogP contribution in [0.4, 0.5) is 19.2 Å². The van der Waals surface area contributed by atoms with Gasteiger partial charge in [0.05, 0.1) is 57.8 Å². The summed E-state index contributed by atoms with van der Waals surface area (Å²) in [6.07, 6.45) is -0.109. The van der Waals surface area contributed by atoms with Crippen LogP contribution in [0.3, 0.4) is 0 Å². The number of hydrogen-bond acceptors (Lipinski definition) is 15. The molecule has 1 atom stereocenters. The van der Waals surface area contributed by atoms with Gasteiger partial charge in [-0.25, -0.2) is 28.8 Å². The number of aliphatic imine (C=N–C) groups is 2. The summed E-state index contributed by atoms with van der Waals surface area (Å²) in [5.41, 5.74) is -3.21. The molecule has 19 heteroatoms. The number of carboxylic acid groups (broad SMARTS) is 1. The lowest BCUT2D eigenvalue weighted by Gasteiger charge is -2.33. The molecule has 380 valence electrons. The minimum absolute atomic E-state index is 0.0289. The lowest BCUT2D eigenvalue weighted by Crippen LogP contribution is -2.50. The fraction of sp³-hybridized carbons (Fsp3) is 0.510. The van der Waals surface area contributed by atoms with Crippen LogP contribution >= 0.6 is 0 Å². The van der Waals surface area contributed by atoms with E-state index < -0.39 is 82.2 Å². The molecule has 0 fully saturated rings. The molecule has 0 saturated carbocycles. The molecule has 0 aliphatic carbocycles. The summed E-state index contributed by atoms with van der Waals surface area (Å²) < 4.78 is 26.7. The Morgan fingerprint density at radius 2 is 0.729 bits per heavy atom. The van der Waals surface area contributed by atoms with E-state index in [9.17, 15) is 38.7 Å². The predicted molar refractivity (Wildman–Crippen MR) is 256 cm³/mol. The van der Waals surface area contributed by atoms with Gasteiger partial charge in [-0.1, -0.05) is 72.8 Å². The van der Waals surface area contributed by atoms with Crippen molar-refractivity contribution in [3.63, 3.8) is 0 Å². The van der Waals surface area contributed by atoms with Gasteiger partial charge in [-0.2, -0.15) is 9.98 Å². The lowest BCUT2D eigenvalue weighted by atomic mass is 9.87. The highest BCUT2D eigenvalue weighted by Crippen LogP contribution is 2.31. The molecule has 3 aromatic rings. The first-order valence-corrected chi connectivity index (χ1v) is 22.5. The number of alkyl carbamates (subject to hydrolysis) is 4. The molecular weight excluding hydrogens is 905 g/mol. The molecule has 3 rings (SSSR count). The maximum atomic E-state index is 13.1. The van der Waals surface area contributed by atoms with Gasteiger partial charge in [0.15, 0.2) is 0 Å². The smallest absolute Gasteiger partial charge is 0.407 e. The van der Waals surface area contributed by atoms with Crippen molar-refractivity contribution in [3.8, 4) is 0 Å². The van der Waals surface area contributed by atoms with E-state index in [1.807, 2.05) is 38.1 Å². The molecule has 1 unspecified atom stereocenters. The molecule has 0 aromatic heterocycles. The standard InChI is InChI=1S/C51H68N6O13/c1-45(2,52-32-58)34-17-14-19-36(27-34)47(5,6)54-41(62)67-25-23-66-24-26-68-42(63)55-48(7,8)38-21-16-22-39(29-38)50(11,12)57-44(65)70-31-51(13,40(60)61)30-69-43(64)56-49(9,10)37-20-15-18-35(28-37)46(3,4)53-33-59/h14-22,27-29H,23-26,30-31H2,1-13H3,(H,54,62)(H,55,63)(H,56,64)(H,57,65)(H,60,61)/p-1. The number of carboxylic acids is 1. The third kappa shape index (κ3) is 16.6. The van der Waals surface area contributed by atoms with Gasteiger partial charge in [-0.05, 0) is 123 Å². The molecule has 0 heterocycles. The van der Waals surface area contributed by atoms with E-state index in [1.54, 1.807) is 130 Å². The first-order chi connectivity index (χ1) is 32.4. The van der Waals surface area contributed by atoms with E-state index in [-0.39, 0.29) is 26.4 Å². The van der Waals surface area contributed by atoms with Crippen molar-refractivity contribution in [1.29, 1.82) is 0 Å². The number of nitrogens with zero attached hydrogens (tertiary/aromatic N) is 2. The second-order valence-corrected chi connectivity index (χ2v) is 20.2. The van der Waals surface area contributed by atoms with Crippen LogP contribution in [-0.2, 0) is 71.3 Å². The quantitative estimate of drug-likeness (QED) is 0.0329. The van der Waals surface area contributed by atoms with Crippen LogP contribution in [0.2, 0.25) is 0 Å². The summed E-state index contributed by atoms with van der Waals surface area (Å²) in [6, 6.07) is 21.5. The molecular formula is C51H67N6O13-. The summed E-state index contributed by atoms with van der Waals surface area (Å²) in [7, 11) is 0. The number of rotatable bonds is 23. The third-order valence-corrected chi connectivity index (χ3v) is 11.7. The number of hydrogen-bond donors (Lipinski definition) is 4. The fourth-order valence-electron chi connectivity index (χ4n) is 6.78. The van der Waals surface area contributed by atoms with E-state index in [2.05, 4.69) is 31.3 Å². The van der Waals surface area contributed by atoms with Crippen LogP contribution in [-0.4, -0.2) is 82.1 Å². The van der Waals surface area contributed by atoms with Crippen LogP contribution in [0.5, 0.6) is 0 Å². The van der Waals surface area contributed by atoms with Crippen molar-refractivity contribution >= 4 is 42.5 Å². The summed E-state index contributed by atoms with van der Waals surface area (Å²) in [5, 5.41) is 23.3. The predicted octanol–water partition coefficient (Wildman–Crippen LogP) is 6.85. The first kappa shape index (κ1) is 57.2. The van der Waals surface area contributed by atoms with Gasteiger partial charge >= 0.3 is 24.4 Å². The molecule has 4 amide bonds. The second-order valence-electron chi connectivity index (χ2n) is 20.2. The zero-order valence-corrected chi connectivity index (χ0v) is 42.4. The summed E-state index contributed by atoms with van der Waals surface area (Å²) in [6.45, 7) is 20.8. The first-order valence-electron chi connectivity index (χ1n) is 22.5. The van der Waals surface area contributed by atoms with Crippen molar-refractivity contribution in [2.75, 3.05) is 39.6 Å². The molecule has 0 aliphatic heterocycles. The molecule has 0 aliphatic rings. The Bertz CT molecular complexity index is 2450. The number of benzene rings is 3. The Balaban J connectivity index is 1.46. The third-order valence-electron chi connectivity index (χ3n) is 11.7. The number of nitrogens with one attached hydrogen (secondary N) is 4. The highest BCUT2D eigenvalue weighted by Gasteiger charge is 2.35. The van der Waals surface area contributed by atoms with Crippen molar-refractivity contribution in [2.45, 2.75) is 123 Å². The minimum Gasteiger partial charge on any atom is -0.549 e. The second kappa shape index (κ2) is 23.5. The van der Waals surface area contributed by atoms with E-state index in [0.29, 0.717) is 22.3 Å². The number of aliphatic carboxylic acids is 1. The highest BCUT2D eigenvalue weighted by molar-refractivity contribution is 5.75. The zero-order valence-electron chi connectivity index (χ0n) is 42.4. The summed E-state index contributed by atoms with van der Waals surface area (Å²) in [5.74, 6) is -1.62. The molecule has 70 heavy (non-hydrogen) atoms. The molecule has 4 N–H and O–H groups in total. The maximum absolute atomic E-state index is 13.1. The van der Waals surface area contributed by atoms with Gasteiger partial charge in [0.25, 0.3) is 0 Å². The Labute approximate surface area is 409 Å². The normalized spacial score (nSPS) is 12.9. The summed E-state index contributed by atoms with van der Waals surface area (Å²) >= 11 is 0. The van der Waals surface area contributed by atoms with Crippen molar-refractivity contribution in [3.05, 3.63) is 106 Å². The number of ether oxygens (including phenoxy) is 5. The van der Waals surface area contributed by atoms with Gasteiger partial charge in [-0.3, -0.25) is 0 Å². The Morgan fingerprint density at radius 1 is 0.457 bits per heavy atom. The maximum Gasteiger partial charge on any atom is 0.407 e. The van der Waals surface area contributed by atoms with Gasteiger partial charge in [-0.15, -0.1) is 0 Å². The molecule has 0 bridgehead atoms. The molecule has 19 nitrogen and oxygen atoms in total. The number of isocyanates is 2. The van der Waals surface area contributed by atoms with Crippen LogP contribution < -0.4 is 26.4 Å². The van der Waals surface area contributed by atoms with E-state index in [0.717, 1.165) is 11.1 Å². The highest BCUT2D eigenvalue weighted by atomic mass is 16.6. The zero-order chi connectivity index (χ0) is 52.8. The summed E-state index contributed by atoms with van der Waals surface area (Å²) in [4.78, 5) is 93.2. The molecule has 0 radical (unpaired) electrons. The van der Waals surface area contributed by atoms with Gasteiger partial charge < -0.3 is 54.9 Å². The average Bonchev–Trinajstić information content (AvgIpc) is 3.26. The van der Waals surface area contributed by atoms with E-state index in [1.165, 1.54) is 6.92 Å². The largest absolute Gasteiger partial charge is 0.549 e. The van der Waals surface area contributed by atoms with Crippen molar-refractivity contribution < 1.29 is 62.4 Å². The van der Waals surface area contributed by atoms with Crippen LogP contribution in [0.1, 0.15) is 123 Å². The Hall–Kier alpha value is -7.07. The molecule has 0 spiro atoms. The van der Waals surface area contributed by atoms with Crippen LogP contribution in [0.25, 0.3) is 0 Å². The minimum atomic E-state index is -1.93. The molecule has 3 aromatic carbocycles. The van der Waals surface area contributed by atoms with Gasteiger partial charge in [0, 0.05) is 0 Å². The SMILES string of the molecule is CC(COC(=O)NC(C)(C)c1cccc(C(C)(C)N=C=O)c1)(COC(=O)NC(C)(C)c1cccc(C(C)(C)NC(=O)OCCOCCOC(=O)NC(C)(C)c2cccc(C(C)(C)N=C=O)c2)c1)C(=O)[O-]. The fourth-order valence-corrected chi connectivity index (χ4v) is 6.78. The Kier molecular flexibility index (Phi) is 19.2. The van der Waals surface area contributed by atoms with Crippen molar-refractivity contribution in [2.24, 2.45) is 15.4 Å². The van der Waals surface area contributed by atoms with Crippen LogP contribution in [0, 0.1) is 5.41 Å². The van der Waals surface area contributed by atoms with Gasteiger partial charge in [0.1, 0.15) is 26.4 Å². The van der Waals surface area contributed by atoms with Crippen molar-refractivity contribution in [1.82, 2.24) is 21.3 Å². The Morgan fingerprint density at radius 3 is 1.01 bits per heavy atom.